The third kappa shape index (κ3) is 2.82. The maximum Gasteiger partial charge on any atom is 0.242 e. The standard InChI is InChI=1S/C18H20N4OS/c1-13-20-15-6-2-3-7-16(15)22(13)12-17(23)21-9-4-5-14(11-21)18-19-8-10-24-18/h2-3,6-8,10,14H,4-5,9,11-12H2,1H3/t14-/m0/s1. The molecule has 1 aliphatic heterocycles. The Balaban J connectivity index is 1.52. The van der Waals surface area contributed by atoms with Crippen molar-refractivity contribution in [3.63, 3.8) is 0 Å². The number of benzene rings is 1. The summed E-state index contributed by atoms with van der Waals surface area (Å²) in [6.07, 6.45) is 4.01. The second-order valence-corrected chi connectivity index (χ2v) is 7.21. The number of carbonyl (C=O) groups is 1. The van der Waals surface area contributed by atoms with Crippen molar-refractivity contribution in [2.45, 2.75) is 32.2 Å². The average molecular weight is 340 g/mol. The molecular weight excluding hydrogens is 320 g/mol. The quantitative estimate of drug-likeness (QED) is 0.736. The molecule has 0 bridgehead atoms. The van der Waals surface area contributed by atoms with Gasteiger partial charge in [-0.05, 0) is 31.9 Å². The normalized spacial score (nSPS) is 18.2. The first-order chi connectivity index (χ1) is 11.7. The predicted octanol–water partition coefficient (Wildman–Crippen LogP) is 3.21. The van der Waals surface area contributed by atoms with Gasteiger partial charge >= 0.3 is 0 Å². The molecule has 0 radical (unpaired) electrons. The number of carbonyl (C=O) groups excluding carboxylic acids is 1. The zero-order chi connectivity index (χ0) is 16.5. The SMILES string of the molecule is Cc1nc2ccccc2n1CC(=O)N1CCC[C@H](c2nccs2)C1. The van der Waals surface area contributed by atoms with Gasteiger partial charge < -0.3 is 9.47 Å². The number of nitrogens with zero attached hydrogens (tertiary/aromatic N) is 4. The number of likely N-dealkylation sites (tertiary alicyclic amines) is 1. The van der Waals surface area contributed by atoms with Crippen molar-refractivity contribution in [2.75, 3.05) is 13.1 Å². The highest BCUT2D eigenvalue weighted by molar-refractivity contribution is 7.09. The van der Waals surface area contributed by atoms with Gasteiger partial charge in [0.25, 0.3) is 0 Å². The van der Waals surface area contributed by atoms with Gasteiger partial charge in [-0.15, -0.1) is 11.3 Å². The van der Waals surface area contributed by atoms with E-state index in [-0.39, 0.29) is 5.91 Å². The fraction of sp³-hybridized carbons (Fsp3) is 0.389. The second-order valence-electron chi connectivity index (χ2n) is 6.28. The second kappa shape index (κ2) is 6.36. The third-order valence-corrected chi connectivity index (χ3v) is 5.65. The molecule has 5 nitrogen and oxygen atoms in total. The molecule has 0 spiro atoms. The number of hydrogen-bond donors (Lipinski definition) is 0. The van der Waals surface area contributed by atoms with Crippen molar-refractivity contribution in [3.05, 3.63) is 46.7 Å². The average Bonchev–Trinajstić information content (AvgIpc) is 3.24. The molecule has 1 aliphatic rings. The fourth-order valence-electron chi connectivity index (χ4n) is 3.47. The van der Waals surface area contributed by atoms with Crippen molar-refractivity contribution in [1.82, 2.24) is 19.4 Å². The van der Waals surface area contributed by atoms with E-state index in [1.54, 1.807) is 11.3 Å². The molecule has 1 fully saturated rings. The van der Waals surface area contributed by atoms with Crippen LogP contribution in [0.4, 0.5) is 0 Å². The van der Waals surface area contributed by atoms with E-state index in [1.807, 2.05) is 52.2 Å². The van der Waals surface area contributed by atoms with Crippen LogP contribution in [0.3, 0.4) is 0 Å². The molecule has 1 atom stereocenters. The Kier molecular flexibility index (Phi) is 4.06. The highest BCUT2D eigenvalue weighted by Gasteiger charge is 2.26. The molecule has 2 aromatic heterocycles. The van der Waals surface area contributed by atoms with Crippen molar-refractivity contribution in [1.29, 1.82) is 0 Å². The van der Waals surface area contributed by atoms with E-state index >= 15 is 0 Å². The van der Waals surface area contributed by atoms with Crippen molar-refractivity contribution in [3.8, 4) is 0 Å². The summed E-state index contributed by atoms with van der Waals surface area (Å²) in [5.41, 5.74) is 1.97. The van der Waals surface area contributed by atoms with Crippen molar-refractivity contribution >= 4 is 28.3 Å². The molecular formula is C18H20N4OS. The first-order valence-corrected chi connectivity index (χ1v) is 9.19. The summed E-state index contributed by atoms with van der Waals surface area (Å²) < 4.78 is 2.02. The summed E-state index contributed by atoms with van der Waals surface area (Å²) in [5.74, 6) is 1.43. The highest BCUT2D eigenvalue weighted by atomic mass is 32.1. The van der Waals surface area contributed by atoms with Gasteiger partial charge in [-0.1, -0.05) is 12.1 Å². The van der Waals surface area contributed by atoms with Crippen LogP contribution in [-0.2, 0) is 11.3 Å². The third-order valence-electron chi connectivity index (χ3n) is 4.71. The smallest absolute Gasteiger partial charge is 0.242 e. The lowest BCUT2D eigenvalue weighted by atomic mass is 9.98. The van der Waals surface area contributed by atoms with E-state index in [1.165, 1.54) is 0 Å². The minimum atomic E-state index is 0.169. The molecule has 1 saturated heterocycles. The summed E-state index contributed by atoms with van der Waals surface area (Å²) in [6, 6.07) is 7.98. The Hall–Kier alpha value is -2.21. The molecule has 0 N–H and O–H groups in total. The largest absolute Gasteiger partial charge is 0.340 e. The number of fused-ring (bicyclic) bond motifs is 1. The molecule has 3 aromatic rings. The summed E-state index contributed by atoms with van der Waals surface area (Å²) in [6.45, 7) is 3.93. The van der Waals surface area contributed by atoms with Crippen LogP contribution in [0.5, 0.6) is 0 Å². The lowest BCUT2D eigenvalue weighted by molar-refractivity contribution is -0.133. The number of aryl methyl sites for hydroxylation is 1. The van der Waals surface area contributed by atoms with Crippen LogP contribution in [0, 0.1) is 6.92 Å². The summed E-state index contributed by atoms with van der Waals surface area (Å²) in [4.78, 5) is 23.8. The Morgan fingerprint density at radius 3 is 3.08 bits per heavy atom. The summed E-state index contributed by atoms with van der Waals surface area (Å²) in [5, 5.41) is 3.16. The van der Waals surface area contributed by atoms with E-state index in [9.17, 15) is 4.79 Å². The Morgan fingerprint density at radius 2 is 2.25 bits per heavy atom. The minimum Gasteiger partial charge on any atom is -0.340 e. The van der Waals surface area contributed by atoms with Gasteiger partial charge in [-0.25, -0.2) is 9.97 Å². The first kappa shape index (κ1) is 15.3. The molecule has 6 heteroatoms. The van der Waals surface area contributed by atoms with Gasteiger partial charge in [0, 0.05) is 30.6 Å². The zero-order valence-corrected chi connectivity index (χ0v) is 14.5. The van der Waals surface area contributed by atoms with Gasteiger partial charge in [0.05, 0.1) is 16.0 Å². The van der Waals surface area contributed by atoms with Crippen LogP contribution in [0.25, 0.3) is 11.0 Å². The Morgan fingerprint density at radius 1 is 1.38 bits per heavy atom. The topological polar surface area (TPSA) is 51.0 Å². The van der Waals surface area contributed by atoms with Gasteiger partial charge in [0.15, 0.2) is 0 Å². The molecule has 3 heterocycles. The van der Waals surface area contributed by atoms with Gasteiger partial charge in [0.1, 0.15) is 12.4 Å². The van der Waals surface area contributed by atoms with Gasteiger partial charge in [-0.2, -0.15) is 0 Å². The molecule has 0 unspecified atom stereocenters. The maximum atomic E-state index is 12.8. The summed E-state index contributed by atoms with van der Waals surface area (Å²) >= 11 is 1.69. The molecule has 1 aromatic carbocycles. The number of para-hydroxylation sites is 2. The highest BCUT2D eigenvalue weighted by Crippen LogP contribution is 2.28. The molecule has 0 saturated carbocycles. The fourth-order valence-corrected chi connectivity index (χ4v) is 4.24. The van der Waals surface area contributed by atoms with E-state index in [0.29, 0.717) is 12.5 Å². The maximum absolute atomic E-state index is 12.8. The molecule has 1 amide bonds. The monoisotopic (exact) mass is 340 g/mol. The number of amides is 1. The minimum absolute atomic E-state index is 0.169. The first-order valence-electron chi connectivity index (χ1n) is 8.31. The van der Waals surface area contributed by atoms with Crippen LogP contribution in [0.2, 0.25) is 0 Å². The number of aromatic nitrogens is 3. The van der Waals surface area contributed by atoms with E-state index in [4.69, 9.17) is 0 Å². The number of thiazole rings is 1. The van der Waals surface area contributed by atoms with Crippen LogP contribution in [-0.4, -0.2) is 38.4 Å². The molecule has 4 rings (SSSR count). The van der Waals surface area contributed by atoms with Crippen LogP contribution in [0.1, 0.15) is 29.6 Å². The Bertz CT molecular complexity index is 855. The predicted molar refractivity (Wildman–Crippen MR) is 95.1 cm³/mol. The van der Waals surface area contributed by atoms with Crippen LogP contribution in [0.15, 0.2) is 35.8 Å². The number of imidazole rings is 1. The van der Waals surface area contributed by atoms with Gasteiger partial charge in [0.2, 0.25) is 5.91 Å². The molecule has 24 heavy (non-hydrogen) atoms. The zero-order valence-electron chi connectivity index (χ0n) is 13.7. The van der Waals surface area contributed by atoms with Crippen LogP contribution >= 0.6 is 11.3 Å². The summed E-state index contributed by atoms with van der Waals surface area (Å²) in [7, 11) is 0. The van der Waals surface area contributed by atoms with E-state index in [2.05, 4.69) is 9.97 Å². The van der Waals surface area contributed by atoms with E-state index in [0.717, 1.165) is 47.8 Å². The molecule has 124 valence electrons. The number of hydrogen-bond acceptors (Lipinski definition) is 4. The lowest BCUT2D eigenvalue weighted by Gasteiger charge is -2.32. The Labute approximate surface area is 145 Å². The van der Waals surface area contributed by atoms with Crippen molar-refractivity contribution in [2.24, 2.45) is 0 Å². The van der Waals surface area contributed by atoms with E-state index < -0.39 is 0 Å². The van der Waals surface area contributed by atoms with Crippen LogP contribution < -0.4 is 0 Å². The van der Waals surface area contributed by atoms with Crippen molar-refractivity contribution < 1.29 is 4.79 Å². The molecule has 0 aliphatic carbocycles. The lowest BCUT2D eigenvalue weighted by Crippen LogP contribution is -2.40. The number of piperidine rings is 1. The van der Waals surface area contributed by atoms with Gasteiger partial charge in [-0.3, -0.25) is 4.79 Å². The number of rotatable bonds is 3.